The van der Waals surface area contributed by atoms with E-state index in [4.69, 9.17) is 28.4 Å². The fraction of sp³-hybridized carbons (Fsp3) is 0.708. The standard InChI is InChI=1S/C24H34N3O12/c1-7-34-23(33)27-22(25-24(26-27)10-8-9-11-24)21(39-17(6)32)20(38-16(5)31)19(37-15(4)30)18(36-14(3)29)12-35-13(2)28/h18-21H,7-12H2,1-6H3/q+1/t18-,19-,20-,21+/m1/s1. The Kier molecular flexibility index (Phi) is 11.0. The molecule has 15 heteroatoms. The van der Waals surface area contributed by atoms with Crippen molar-refractivity contribution in [1.29, 1.82) is 0 Å². The van der Waals surface area contributed by atoms with E-state index in [0.29, 0.717) is 12.8 Å². The van der Waals surface area contributed by atoms with Crippen molar-refractivity contribution >= 4 is 41.8 Å². The number of azo groups is 2. The molecule has 1 amide bonds. The average molecular weight is 557 g/mol. The number of amidine groups is 1. The van der Waals surface area contributed by atoms with Crippen molar-refractivity contribution in [3.05, 3.63) is 0 Å². The molecule has 1 heterocycles. The van der Waals surface area contributed by atoms with Crippen LogP contribution in [-0.4, -0.2) is 89.8 Å². The number of hydrogen-bond donors (Lipinski definition) is 0. The molecule has 2 rings (SSSR count). The van der Waals surface area contributed by atoms with Crippen molar-refractivity contribution in [3.63, 3.8) is 0 Å². The highest BCUT2D eigenvalue weighted by molar-refractivity contribution is 5.89. The maximum Gasteiger partial charge on any atom is 0.533 e. The summed E-state index contributed by atoms with van der Waals surface area (Å²) in [4.78, 5) is 77.6. The van der Waals surface area contributed by atoms with E-state index in [1.807, 2.05) is 0 Å². The topological polar surface area (TPSA) is 186 Å². The lowest BCUT2D eigenvalue weighted by Crippen LogP contribution is -2.56. The molecule has 0 aromatic heterocycles. The van der Waals surface area contributed by atoms with Gasteiger partial charge < -0.3 is 28.4 Å². The molecule has 1 saturated carbocycles. The second kappa shape index (κ2) is 13.8. The Morgan fingerprint density at radius 2 is 1.31 bits per heavy atom. The van der Waals surface area contributed by atoms with Crippen molar-refractivity contribution < 1.29 is 61.9 Å². The van der Waals surface area contributed by atoms with Gasteiger partial charge in [-0.1, -0.05) is 5.11 Å². The minimum atomic E-state index is -1.74. The van der Waals surface area contributed by atoms with Crippen LogP contribution in [0.5, 0.6) is 0 Å². The van der Waals surface area contributed by atoms with Gasteiger partial charge in [-0.3, -0.25) is 24.0 Å². The second-order valence-electron chi connectivity index (χ2n) is 8.90. The number of esters is 5. The maximum absolute atomic E-state index is 12.9. The van der Waals surface area contributed by atoms with Crippen LogP contribution in [0, 0.1) is 0 Å². The van der Waals surface area contributed by atoms with E-state index in [9.17, 15) is 28.8 Å². The van der Waals surface area contributed by atoms with Crippen LogP contribution < -0.4 is 0 Å². The van der Waals surface area contributed by atoms with Crippen molar-refractivity contribution in [1.82, 2.24) is 0 Å². The molecule has 0 radical (unpaired) electrons. The van der Waals surface area contributed by atoms with Gasteiger partial charge in [-0.2, -0.15) is 4.79 Å². The first kappa shape index (κ1) is 31.3. The Hall–Kier alpha value is -3.91. The zero-order chi connectivity index (χ0) is 29.3. The van der Waals surface area contributed by atoms with E-state index in [1.54, 1.807) is 6.92 Å². The summed E-state index contributed by atoms with van der Waals surface area (Å²) in [5, 5.41) is 4.44. The van der Waals surface area contributed by atoms with Gasteiger partial charge in [0, 0.05) is 47.5 Å². The van der Waals surface area contributed by atoms with Crippen LogP contribution in [0.25, 0.3) is 0 Å². The van der Waals surface area contributed by atoms with Gasteiger partial charge in [0.2, 0.25) is 6.10 Å². The van der Waals surface area contributed by atoms with Gasteiger partial charge in [0.1, 0.15) is 6.61 Å². The van der Waals surface area contributed by atoms with Crippen LogP contribution in [0.4, 0.5) is 4.79 Å². The zero-order valence-electron chi connectivity index (χ0n) is 22.8. The predicted octanol–water partition coefficient (Wildman–Crippen LogP) is 1.58. The van der Waals surface area contributed by atoms with Gasteiger partial charge in [0.15, 0.2) is 18.3 Å². The van der Waals surface area contributed by atoms with Crippen LogP contribution in [0.15, 0.2) is 10.1 Å². The molecule has 216 valence electrons. The molecular weight excluding hydrogens is 522 g/mol. The van der Waals surface area contributed by atoms with E-state index < -0.39 is 72.6 Å². The highest BCUT2D eigenvalue weighted by Crippen LogP contribution is 2.39. The van der Waals surface area contributed by atoms with Crippen LogP contribution in [0.3, 0.4) is 0 Å². The van der Waals surface area contributed by atoms with E-state index in [-0.39, 0.29) is 12.4 Å². The first-order valence-corrected chi connectivity index (χ1v) is 12.4. The highest BCUT2D eigenvalue weighted by Gasteiger charge is 2.57. The van der Waals surface area contributed by atoms with Gasteiger partial charge in [-0.25, -0.2) is 0 Å². The van der Waals surface area contributed by atoms with Gasteiger partial charge in [0.25, 0.3) is 5.66 Å². The predicted molar refractivity (Wildman–Crippen MR) is 127 cm³/mol. The molecule has 0 aromatic rings. The fourth-order valence-corrected chi connectivity index (χ4v) is 4.27. The molecule has 1 aliphatic carbocycles. The number of carbonyl (C=O) groups excluding carboxylic acids is 6. The van der Waals surface area contributed by atoms with E-state index in [1.165, 1.54) is 0 Å². The minimum Gasteiger partial charge on any atom is -0.462 e. The summed E-state index contributed by atoms with van der Waals surface area (Å²) in [7, 11) is 0. The van der Waals surface area contributed by atoms with Crippen molar-refractivity contribution in [2.45, 2.75) is 97.3 Å². The molecule has 1 spiro atoms. The third kappa shape index (κ3) is 8.82. The largest absolute Gasteiger partial charge is 0.533 e. The molecule has 0 aromatic carbocycles. The Morgan fingerprint density at radius 1 is 0.769 bits per heavy atom. The summed E-state index contributed by atoms with van der Waals surface area (Å²) >= 11 is 0. The van der Waals surface area contributed by atoms with Crippen LogP contribution in [-0.2, 0) is 52.4 Å². The van der Waals surface area contributed by atoms with Gasteiger partial charge in [0.05, 0.1) is 6.61 Å². The van der Waals surface area contributed by atoms with Crippen molar-refractivity contribution in [2.24, 2.45) is 10.1 Å². The lowest BCUT2D eigenvalue weighted by Gasteiger charge is -2.33. The van der Waals surface area contributed by atoms with Gasteiger partial charge >= 0.3 is 41.8 Å². The van der Waals surface area contributed by atoms with Crippen LogP contribution in [0.2, 0.25) is 0 Å². The monoisotopic (exact) mass is 556 g/mol. The molecule has 4 atom stereocenters. The second-order valence-corrected chi connectivity index (χ2v) is 8.90. The van der Waals surface area contributed by atoms with E-state index >= 15 is 0 Å². The third-order valence-corrected chi connectivity index (χ3v) is 5.58. The Bertz CT molecular complexity index is 1050. The molecule has 1 aliphatic heterocycles. The Morgan fingerprint density at radius 3 is 1.79 bits per heavy atom. The van der Waals surface area contributed by atoms with Crippen molar-refractivity contribution in [3.8, 4) is 0 Å². The van der Waals surface area contributed by atoms with E-state index in [2.05, 4.69) is 10.1 Å². The SMILES string of the molecule is CCOC(=O)[N+]1=NC2(CCCC2)N=C1[C@@H](OC(C)=O)[C@H](OC(C)=O)[C@H](OC(C)=O)[C@@H](COC(C)=O)OC(C)=O. The highest BCUT2D eigenvalue weighted by atomic mass is 16.6. The first-order chi connectivity index (χ1) is 18.3. The number of amides is 1. The first-order valence-electron chi connectivity index (χ1n) is 12.4. The molecule has 0 saturated heterocycles. The zero-order valence-corrected chi connectivity index (χ0v) is 22.8. The summed E-state index contributed by atoms with van der Waals surface area (Å²) < 4.78 is 32.6. The molecule has 0 unspecified atom stereocenters. The normalized spacial score (nSPS) is 18.5. The number of ether oxygens (including phenoxy) is 6. The molecule has 0 bridgehead atoms. The molecule has 15 nitrogen and oxygen atoms in total. The Balaban J connectivity index is 2.72. The summed E-state index contributed by atoms with van der Waals surface area (Å²) in [6.45, 7) is 6.26. The molecule has 1 fully saturated rings. The number of hydrogen-bond acceptors (Lipinski definition) is 14. The van der Waals surface area contributed by atoms with E-state index in [0.717, 1.165) is 52.2 Å². The summed E-state index contributed by atoms with van der Waals surface area (Å²) in [6.07, 6.45) is -5.10. The number of rotatable bonds is 11. The molecule has 39 heavy (non-hydrogen) atoms. The summed E-state index contributed by atoms with van der Waals surface area (Å²) in [6, 6.07) is 0. The quantitative estimate of drug-likeness (QED) is 0.203. The lowest BCUT2D eigenvalue weighted by atomic mass is 10.0. The maximum atomic E-state index is 12.9. The van der Waals surface area contributed by atoms with Gasteiger partial charge in [-0.05, 0) is 29.5 Å². The van der Waals surface area contributed by atoms with Gasteiger partial charge in [-0.15, -0.1) is 0 Å². The van der Waals surface area contributed by atoms with Crippen LogP contribution >= 0.6 is 0 Å². The minimum absolute atomic E-state index is 0.0102. The third-order valence-electron chi connectivity index (χ3n) is 5.58. The molecule has 2 aliphatic rings. The summed E-state index contributed by atoms with van der Waals surface area (Å²) in [5.74, 6) is -4.51. The molecular formula is C24H34N3O12+. The molecule has 0 N–H and O–H groups in total. The number of nitrogens with zero attached hydrogens (tertiary/aromatic N) is 3. The van der Waals surface area contributed by atoms with Crippen molar-refractivity contribution in [2.75, 3.05) is 13.2 Å². The summed E-state index contributed by atoms with van der Waals surface area (Å²) in [5.41, 5.74) is -1.05. The number of carbonyl (C=O) groups is 6. The number of aliphatic imine (C=N–C) groups is 1. The smallest absolute Gasteiger partial charge is 0.462 e. The lowest BCUT2D eigenvalue weighted by molar-refractivity contribution is -0.408. The Labute approximate surface area is 224 Å². The average Bonchev–Trinajstić information content (AvgIpc) is 3.43. The fourth-order valence-electron chi connectivity index (χ4n) is 4.27. The van der Waals surface area contributed by atoms with Crippen LogP contribution in [0.1, 0.15) is 67.2 Å².